The molecule has 0 radical (unpaired) electrons. The average Bonchev–Trinajstić information content (AvgIpc) is 3.24. The van der Waals surface area contributed by atoms with Crippen LogP contribution in [0.4, 0.5) is 0 Å². The van der Waals surface area contributed by atoms with Gasteiger partial charge in [-0.05, 0) is 28.7 Å². The number of ketones is 1. The molecule has 9 heteroatoms. The second kappa shape index (κ2) is 6.40. The molecule has 3 heterocycles. The van der Waals surface area contributed by atoms with E-state index in [0.717, 1.165) is 11.1 Å². The molecule has 1 aromatic carbocycles. The van der Waals surface area contributed by atoms with Gasteiger partial charge in [-0.25, -0.2) is 9.67 Å². The molecule has 2 aromatic heterocycles. The minimum absolute atomic E-state index is 0.159. The van der Waals surface area contributed by atoms with Crippen LogP contribution in [0.2, 0.25) is 5.02 Å². The van der Waals surface area contributed by atoms with Crippen LogP contribution in [0.25, 0.3) is 5.82 Å². The third-order valence-corrected chi connectivity index (χ3v) is 4.19. The van der Waals surface area contributed by atoms with E-state index in [-0.39, 0.29) is 17.9 Å². The van der Waals surface area contributed by atoms with Gasteiger partial charge in [-0.15, -0.1) is 5.10 Å². The Labute approximate surface area is 148 Å². The van der Waals surface area contributed by atoms with Crippen molar-refractivity contribution < 1.29 is 14.5 Å². The molecule has 0 atom stereocenters. The van der Waals surface area contributed by atoms with Crippen LogP contribution < -0.4 is 5.46 Å². The number of Topliss-reactive ketones (excluding diaryl/α,β-unsaturated/α-hetero) is 1. The van der Waals surface area contributed by atoms with Crippen molar-refractivity contribution in [2.75, 3.05) is 0 Å². The molecule has 25 heavy (non-hydrogen) atoms. The monoisotopic (exact) mass is 354 g/mol. The highest BCUT2D eigenvalue weighted by Gasteiger charge is 2.27. The average molecular weight is 355 g/mol. The van der Waals surface area contributed by atoms with Crippen molar-refractivity contribution in [2.45, 2.75) is 13.0 Å². The number of benzene rings is 1. The van der Waals surface area contributed by atoms with Gasteiger partial charge in [0.15, 0.2) is 11.6 Å². The largest absolute Gasteiger partial charge is 0.491 e. The fourth-order valence-electron chi connectivity index (χ4n) is 2.66. The summed E-state index contributed by atoms with van der Waals surface area (Å²) in [4.78, 5) is 16.6. The van der Waals surface area contributed by atoms with Crippen LogP contribution in [-0.2, 0) is 17.7 Å². The molecule has 7 nitrogen and oxygen atoms in total. The number of pyridine rings is 1. The first-order valence-electron chi connectivity index (χ1n) is 7.59. The zero-order valence-corrected chi connectivity index (χ0v) is 13.7. The summed E-state index contributed by atoms with van der Waals surface area (Å²) in [6.07, 6.45) is 3.19. The minimum atomic E-state index is -0.929. The second-order valence-corrected chi connectivity index (χ2v) is 6.12. The van der Waals surface area contributed by atoms with Gasteiger partial charge in [0, 0.05) is 12.6 Å². The molecule has 124 valence electrons. The van der Waals surface area contributed by atoms with Crippen LogP contribution >= 0.6 is 11.6 Å². The Hall–Kier alpha value is -2.55. The number of fused-ring (bicyclic) bond motifs is 1. The SMILES string of the molecule is O=C(Cc1ccc2c(c1)B(O)OC2)c1cn(-c2ccc(Cl)cn2)nn1. The van der Waals surface area contributed by atoms with Crippen molar-refractivity contribution in [2.24, 2.45) is 0 Å². The normalized spacial score (nSPS) is 13.1. The maximum atomic E-state index is 12.4. The lowest BCUT2D eigenvalue weighted by Gasteiger charge is -2.03. The van der Waals surface area contributed by atoms with Crippen molar-refractivity contribution >= 4 is 30.0 Å². The summed E-state index contributed by atoms with van der Waals surface area (Å²) >= 11 is 5.81. The third-order valence-electron chi connectivity index (χ3n) is 3.96. The maximum Gasteiger partial charge on any atom is 0.491 e. The predicted molar refractivity (Wildman–Crippen MR) is 91.0 cm³/mol. The number of carbonyl (C=O) groups is 1. The summed E-state index contributed by atoms with van der Waals surface area (Å²) in [5.74, 6) is 0.349. The fourth-order valence-corrected chi connectivity index (χ4v) is 2.77. The maximum absolute atomic E-state index is 12.4. The van der Waals surface area contributed by atoms with E-state index in [9.17, 15) is 9.82 Å². The Morgan fingerprint density at radius 3 is 3.04 bits per heavy atom. The van der Waals surface area contributed by atoms with E-state index in [1.54, 1.807) is 18.2 Å². The van der Waals surface area contributed by atoms with Gasteiger partial charge in [0.05, 0.1) is 17.8 Å². The van der Waals surface area contributed by atoms with E-state index in [4.69, 9.17) is 16.3 Å². The molecule has 1 aliphatic rings. The molecule has 1 aliphatic heterocycles. The van der Waals surface area contributed by atoms with Gasteiger partial charge in [0.25, 0.3) is 0 Å². The number of hydrogen-bond donors (Lipinski definition) is 1. The first-order valence-corrected chi connectivity index (χ1v) is 7.97. The second-order valence-electron chi connectivity index (χ2n) is 5.68. The van der Waals surface area contributed by atoms with Gasteiger partial charge in [-0.3, -0.25) is 4.79 Å². The lowest BCUT2D eigenvalue weighted by molar-refractivity contribution is 0.0988. The van der Waals surface area contributed by atoms with E-state index in [1.165, 1.54) is 17.1 Å². The van der Waals surface area contributed by atoms with Gasteiger partial charge in [-0.1, -0.05) is 35.0 Å². The lowest BCUT2D eigenvalue weighted by Crippen LogP contribution is -2.28. The molecule has 0 spiro atoms. The first kappa shape index (κ1) is 16.0. The van der Waals surface area contributed by atoms with Gasteiger partial charge < -0.3 is 9.68 Å². The van der Waals surface area contributed by atoms with Crippen molar-refractivity contribution in [1.82, 2.24) is 20.0 Å². The summed E-state index contributed by atoms with van der Waals surface area (Å²) in [6.45, 7) is 0.382. The van der Waals surface area contributed by atoms with E-state index in [2.05, 4.69) is 15.3 Å². The molecule has 3 aromatic rings. The zero-order valence-electron chi connectivity index (χ0n) is 13.0. The van der Waals surface area contributed by atoms with Crippen LogP contribution in [0.15, 0.2) is 42.7 Å². The van der Waals surface area contributed by atoms with Gasteiger partial charge in [-0.2, -0.15) is 0 Å². The highest BCUT2D eigenvalue weighted by Crippen LogP contribution is 2.14. The van der Waals surface area contributed by atoms with Gasteiger partial charge in [0.2, 0.25) is 0 Å². The van der Waals surface area contributed by atoms with Gasteiger partial charge in [0.1, 0.15) is 5.69 Å². The summed E-state index contributed by atoms with van der Waals surface area (Å²) < 4.78 is 6.58. The Bertz CT molecular complexity index is 945. The molecule has 1 N–H and O–H groups in total. The summed E-state index contributed by atoms with van der Waals surface area (Å²) in [5, 5.41) is 18.1. The van der Waals surface area contributed by atoms with Gasteiger partial charge >= 0.3 is 7.12 Å². The van der Waals surface area contributed by atoms with Crippen LogP contribution in [0.3, 0.4) is 0 Å². The van der Waals surface area contributed by atoms with E-state index in [0.29, 0.717) is 22.9 Å². The molecule has 0 aliphatic carbocycles. The highest BCUT2D eigenvalue weighted by molar-refractivity contribution is 6.61. The van der Waals surface area contributed by atoms with Crippen molar-refractivity contribution in [3.63, 3.8) is 0 Å². The molecule has 0 amide bonds. The van der Waals surface area contributed by atoms with E-state index < -0.39 is 7.12 Å². The highest BCUT2D eigenvalue weighted by atomic mass is 35.5. The Balaban J connectivity index is 1.52. The first-order chi connectivity index (χ1) is 12.1. The molecule has 4 rings (SSSR count). The standard InChI is InChI=1S/C16H12BClN4O3/c18-12-3-4-16(19-7-12)22-8-14(20-21-22)15(23)6-10-1-2-11-9-25-17(24)13(11)5-10/h1-5,7-8,24H,6,9H2. The molecule has 0 fully saturated rings. The van der Waals surface area contributed by atoms with Crippen LogP contribution in [-0.4, -0.2) is 37.9 Å². The van der Waals surface area contributed by atoms with Crippen LogP contribution in [0.5, 0.6) is 0 Å². The van der Waals surface area contributed by atoms with E-state index in [1.807, 2.05) is 12.1 Å². The Morgan fingerprint density at radius 1 is 1.36 bits per heavy atom. The Morgan fingerprint density at radius 2 is 2.24 bits per heavy atom. The zero-order chi connectivity index (χ0) is 17.4. The minimum Gasteiger partial charge on any atom is -0.423 e. The van der Waals surface area contributed by atoms with Crippen molar-refractivity contribution in [3.8, 4) is 5.82 Å². The third kappa shape index (κ3) is 3.19. The number of hydrogen-bond acceptors (Lipinski definition) is 6. The molecule has 0 saturated carbocycles. The number of nitrogens with zero attached hydrogens (tertiary/aromatic N) is 4. The summed E-state index contributed by atoms with van der Waals surface area (Å²) in [6, 6.07) is 8.88. The Kier molecular flexibility index (Phi) is 4.08. The molecular weight excluding hydrogens is 342 g/mol. The number of carbonyl (C=O) groups excluding carboxylic acids is 1. The molecule has 0 unspecified atom stereocenters. The topological polar surface area (TPSA) is 90.1 Å². The number of aromatic nitrogens is 4. The fraction of sp³-hybridized carbons (Fsp3) is 0.125. The van der Waals surface area contributed by atoms with Crippen molar-refractivity contribution in [3.05, 3.63) is 64.6 Å². The van der Waals surface area contributed by atoms with Crippen LogP contribution in [0.1, 0.15) is 21.6 Å². The summed E-state index contributed by atoms with van der Waals surface area (Å²) in [7, 11) is -0.929. The predicted octanol–water partition coefficient (Wildman–Crippen LogP) is 0.959. The molecule has 0 saturated heterocycles. The number of rotatable bonds is 4. The lowest BCUT2D eigenvalue weighted by atomic mass is 9.78. The summed E-state index contributed by atoms with van der Waals surface area (Å²) in [5.41, 5.74) is 2.67. The van der Waals surface area contributed by atoms with E-state index >= 15 is 0 Å². The number of halogens is 1. The molecular formula is C16H12BClN4O3. The van der Waals surface area contributed by atoms with Crippen molar-refractivity contribution in [1.29, 1.82) is 0 Å². The van der Waals surface area contributed by atoms with Crippen LogP contribution in [0, 0.1) is 0 Å². The quantitative estimate of drug-likeness (QED) is 0.554. The smallest absolute Gasteiger partial charge is 0.423 e. The molecule has 0 bridgehead atoms.